The highest BCUT2D eigenvalue weighted by atomic mass is 79.9. The van der Waals surface area contributed by atoms with Crippen molar-refractivity contribution in [3.05, 3.63) is 56.6 Å². The number of hydrogen-bond acceptors (Lipinski definition) is 10. The van der Waals surface area contributed by atoms with Gasteiger partial charge in [-0.25, -0.2) is 0 Å². The molecule has 0 nitrogen and oxygen atoms in total. The molecule has 5 rings (SSSR count). The molecule has 0 amide bonds. The molecule has 152 valence electrons. The maximum absolute atomic E-state index is 3.59. The molecule has 0 saturated carbocycles. The van der Waals surface area contributed by atoms with Gasteiger partial charge in [0, 0.05) is 14.3 Å². The molecule has 11 heteroatoms. The lowest BCUT2D eigenvalue weighted by Crippen LogP contribution is -1.72. The highest BCUT2D eigenvalue weighted by Crippen LogP contribution is 2.72. The molecule has 0 atom stereocenters. The summed E-state index contributed by atoms with van der Waals surface area (Å²) < 4.78 is 13.0. The van der Waals surface area contributed by atoms with Crippen LogP contribution >= 0.6 is 134 Å². The van der Waals surface area contributed by atoms with E-state index in [4.69, 9.17) is 0 Å². The monoisotopic (exact) mass is 628 g/mol. The van der Waals surface area contributed by atoms with Crippen molar-refractivity contribution in [3.8, 4) is 0 Å². The lowest BCUT2D eigenvalue weighted by Gasteiger charge is -2.07. The van der Waals surface area contributed by atoms with Crippen LogP contribution in [0.25, 0.3) is 0 Å². The Morgan fingerprint density at radius 2 is 1.07 bits per heavy atom. The third kappa shape index (κ3) is 5.00. The predicted octanol–water partition coefficient (Wildman–Crippen LogP) is 11.1. The largest absolute Gasteiger partial charge is 0.118 e. The molecular weight excluding hydrogens is 617 g/mol. The van der Waals surface area contributed by atoms with Crippen LogP contribution in [0.5, 0.6) is 0 Å². The first-order chi connectivity index (χ1) is 14.1. The summed E-state index contributed by atoms with van der Waals surface area (Å²) >= 11 is 23.3. The average molecular weight is 630 g/mol. The first-order valence-electron chi connectivity index (χ1n) is 8.59. The number of rotatable bonds is 4. The molecule has 0 radical (unpaired) electrons. The van der Waals surface area contributed by atoms with Gasteiger partial charge in [0.25, 0.3) is 0 Å². The van der Waals surface area contributed by atoms with E-state index >= 15 is 0 Å². The molecule has 0 aromatic heterocycles. The van der Waals surface area contributed by atoms with Gasteiger partial charge in [-0.3, -0.25) is 0 Å². The van der Waals surface area contributed by atoms with Crippen molar-refractivity contribution in [2.45, 2.75) is 23.6 Å². The zero-order chi connectivity index (χ0) is 20.0. The lowest BCUT2D eigenvalue weighted by molar-refractivity contribution is 1.26. The number of hydrogen-bond donors (Lipinski definition) is 0. The van der Waals surface area contributed by atoms with Crippen molar-refractivity contribution in [1.29, 1.82) is 0 Å². The van der Waals surface area contributed by atoms with Crippen LogP contribution in [-0.4, -0.2) is 11.5 Å². The van der Waals surface area contributed by atoms with E-state index in [-0.39, 0.29) is 0 Å². The van der Waals surface area contributed by atoms with Crippen molar-refractivity contribution in [2.75, 3.05) is 11.5 Å². The van der Waals surface area contributed by atoms with Gasteiger partial charge in [0.2, 0.25) is 0 Å². The maximum Gasteiger partial charge on any atom is 0.0718 e. The van der Waals surface area contributed by atoms with E-state index in [1.165, 1.54) is 43.7 Å². The Balaban J connectivity index is 1.27. The summed E-state index contributed by atoms with van der Waals surface area (Å²) in [5.41, 5.74) is 0. The first kappa shape index (κ1) is 22.9. The molecule has 0 bridgehead atoms. The Kier molecular flexibility index (Phi) is 8.06. The molecule has 0 N–H and O–H groups in total. The van der Waals surface area contributed by atoms with Crippen LogP contribution in [0.3, 0.4) is 0 Å². The van der Waals surface area contributed by atoms with Crippen molar-refractivity contribution >= 4 is 134 Å². The van der Waals surface area contributed by atoms with Crippen molar-refractivity contribution < 1.29 is 0 Å². The van der Waals surface area contributed by atoms with E-state index in [9.17, 15) is 0 Å². The molecule has 0 unspecified atom stereocenters. The van der Waals surface area contributed by atoms with Gasteiger partial charge in [-0.2, -0.15) is 0 Å². The minimum absolute atomic E-state index is 1.14. The van der Waals surface area contributed by atoms with Crippen LogP contribution in [0.4, 0.5) is 0 Å². The fourth-order valence-corrected chi connectivity index (χ4v) is 18.1. The SMILES string of the molecule is CCSC1=C(SCC)SC(=C2SC3=C(S2)SC(=C2Sc4ccc(Br)cc4S2)S3)S1. The second-order valence-electron chi connectivity index (χ2n) is 5.57. The number of halogens is 1. The topological polar surface area (TPSA) is 0 Å². The van der Waals surface area contributed by atoms with E-state index in [1.807, 2.05) is 118 Å². The van der Waals surface area contributed by atoms with Crippen molar-refractivity contribution in [2.24, 2.45) is 0 Å². The first-order valence-corrected chi connectivity index (χ1v) is 17.9. The molecule has 0 fully saturated rings. The van der Waals surface area contributed by atoms with Crippen LogP contribution in [0, 0.1) is 0 Å². The molecular formula is C18H13BrS10. The smallest absolute Gasteiger partial charge is 0.0718 e. The van der Waals surface area contributed by atoms with Gasteiger partial charge in [-0.15, -0.1) is 23.5 Å². The molecule has 0 saturated heterocycles. The van der Waals surface area contributed by atoms with E-state index < -0.39 is 0 Å². The fraction of sp³-hybridized carbons (Fsp3) is 0.222. The third-order valence-corrected chi connectivity index (χ3v) is 18.6. The highest BCUT2D eigenvalue weighted by molar-refractivity contribution is 9.10. The van der Waals surface area contributed by atoms with Gasteiger partial charge in [0.1, 0.15) is 0 Å². The summed E-state index contributed by atoms with van der Waals surface area (Å²) in [6.07, 6.45) is 0. The van der Waals surface area contributed by atoms with Crippen LogP contribution in [0.1, 0.15) is 13.8 Å². The van der Waals surface area contributed by atoms with Gasteiger partial charge in [-0.1, -0.05) is 124 Å². The van der Waals surface area contributed by atoms with Gasteiger partial charge >= 0.3 is 0 Å². The summed E-state index contributed by atoms with van der Waals surface area (Å²) in [5.74, 6) is 2.29. The minimum atomic E-state index is 1.14. The van der Waals surface area contributed by atoms with Crippen molar-refractivity contribution in [1.82, 2.24) is 0 Å². The Morgan fingerprint density at radius 1 is 0.621 bits per heavy atom. The average Bonchev–Trinajstić information content (AvgIpc) is 3.43. The molecule has 1 aromatic rings. The normalized spacial score (nSPS) is 21.2. The summed E-state index contributed by atoms with van der Waals surface area (Å²) in [5, 5.41) is 0. The quantitative estimate of drug-likeness (QED) is 0.314. The molecule has 4 aliphatic heterocycles. The molecule has 0 aliphatic carbocycles. The van der Waals surface area contributed by atoms with Crippen LogP contribution < -0.4 is 0 Å². The summed E-state index contributed by atoms with van der Waals surface area (Å²) in [6.45, 7) is 4.49. The minimum Gasteiger partial charge on any atom is -0.118 e. The van der Waals surface area contributed by atoms with E-state index in [1.54, 1.807) is 0 Å². The predicted molar refractivity (Wildman–Crippen MR) is 156 cm³/mol. The fourth-order valence-electron chi connectivity index (χ4n) is 2.50. The molecule has 4 heterocycles. The molecule has 29 heavy (non-hydrogen) atoms. The Bertz CT molecular complexity index is 964. The maximum atomic E-state index is 3.59. The standard InChI is InChI=1S/C18H13BrS10/c1-3-20-11-12(21-4-2)25-15(24-11)16-28-17-18(29-16)27-14(26-17)13-22-9-6-5-8(19)7-10(9)23-13/h5-7H,3-4H2,1-2H3. The molecule has 0 spiro atoms. The molecule has 4 aliphatic rings. The van der Waals surface area contributed by atoms with Crippen LogP contribution in [0.15, 0.2) is 66.4 Å². The van der Waals surface area contributed by atoms with E-state index in [0.717, 1.165) is 16.0 Å². The van der Waals surface area contributed by atoms with E-state index in [2.05, 4.69) is 48.0 Å². The second-order valence-corrected chi connectivity index (χ2v) is 19.3. The Labute approximate surface area is 222 Å². The lowest BCUT2D eigenvalue weighted by atomic mass is 10.4. The number of thioether (sulfide) groups is 10. The van der Waals surface area contributed by atoms with Crippen LogP contribution in [0.2, 0.25) is 0 Å². The van der Waals surface area contributed by atoms with Crippen LogP contribution in [-0.2, 0) is 0 Å². The van der Waals surface area contributed by atoms with Gasteiger partial charge < -0.3 is 0 Å². The zero-order valence-electron chi connectivity index (χ0n) is 15.1. The van der Waals surface area contributed by atoms with Gasteiger partial charge in [0.15, 0.2) is 0 Å². The molecule has 1 aromatic carbocycles. The Morgan fingerprint density at radius 3 is 1.59 bits per heavy atom. The Hall–Kier alpha value is 2.16. The van der Waals surface area contributed by atoms with Crippen molar-refractivity contribution in [3.63, 3.8) is 0 Å². The zero-order valence-corrected chi connectivity index (χ0v) is 24.9. The van der Waals surface area contributed by atoms with Gasteiger partial charge in [-0.05, 0) is 29.7 Å². The third-order valence-electron chi connectivity index (χ3n) is 3.64. The number of benzene rings is 1. The highest BCUT2D eigenvalue weighted by Gasteiger charge is 2.36. The summed E-state index contributed by atoms with van der Waals surface area (Å²) in [6, 6.07) is 6.59. The summed E-state index contributed by atoms with van der Waals surface area (Å²) in [7, 11) is 0. The second kappa shape index (κ2) is 10.2. The van der Waals surface area contributed by atoms with Gasteiger partial charge in [0.05, 0.1) is 33.9 Å². The number of fused-ring (bicyclic) bond motifs is 1. The van der Waals surface area contributed by atoms with E-state index in [0.29, 0.717) is 0 Å². The summed E-state index contributed by atoms with van der Waals surface area (Å²) in [4.78, 5) is 2.75.